The molecule has 1 aliphatic heterocycles. The van der Waals surface area contributed by atoms with E-state index in [9.17, 15) is 18.0 Å². The van der Waals surface area contributed by atoms with Crippen molar-refractivity contribution in [1.29, 1.82) is 0 Å². The Labute approximate surface area is 259 Å². The number of carbonyl (C=O) groups is 2. The van der Waals surface area contributed by atoms with Gasteiger partial charge in [0.05, 0.1) is 17.7 Å². The van der Waals surface area contributed by atoms with Gasteiger partial charge in [0.15, 0.2) is 0 Å². The maximum absolute atomic E-state index is 14.1. The second kappa shape index (κ2) is 13.9. The fraction of sp³-hybridized carbons (Fsp3) is 0.314. The molecule has 44 heavy (non-hydrogen) atoms. The summed E-state index contributed by atoms with van der Waals surface area (Å²) in [5.74, 6) is 0.240. The van der Waals surface area contributed by atoms with Gasteiger partial charge in [0.25, 0.3) is 10.0 Å². The van der Waals surface area contributed by atoms with Crippen LogP contribution in [0.2, 0.25) is 0 Å². The van der Waals surface area contributed by atoms with Gasteiger partial charge in [-0.15, -0.1) is 0 Å². The summed E-state index contributed by atoms with van der Waals surface area (Å²) in [6.07, 6.45) is 2.51. The van der Waals surface area contributed by atoms with Gasteiger partial charge in [0, 0.05) is 37.9 Å². The van der Waals surface area contributed by atoms with Gasteiger partial charge in [-0.25, -0.2) is 8.42 Å². The molecule has 0 unspecified atom stereocenters. The molecule has 8 nitrogen and oxygen atoms in total. The van der Waals surface area contributed by atoms with E-state index in [1.807, 2.05) is 78.9 Å². The highest BCUT2D eigenvalue weighted by molar-refractivity contribution is 7.93. The minimum atomic E-state index is -3.73. The van der Waals surface area contributed by atoms with Crippen molar-refractivity contribution in [2.45, 2.75) is 56.5 Å². The number of sulfonamides is 1. The largest absolute Gasteiger partial charge is 0.497 e. The van der Waals surface area contributed by atoms with Crippen molar-refractivity contribution in [2.75, 3.05) is 24.5 Å². The van der Waals surface area contributed by atoms with Crippen LogP contribution in [0.25, 0.3) is 10.8 Å². The third-order valence-electron chi connectivity index (χ3n) is 8.02. The first-order valence-electron chi connectivity index (χ1n) is 15.1. The van der Waals surface area contributed by atoms with E-state index in [2.05, 4.69) is 12.2 Å². The molecule has 0 radical (unpaired) electrons. The third-order valence-corrected chi connectivity index (χ3v) is 9.88. The van der Waals surface area contributed by atoms with Crippen LogP contribution in [0.4, 0.5) is 5.69 Å². The van der Waals surface area contributed by atoms with E-state index in [1.165, 1.54) is 4.31 Å². The fourth-order valence-corrected chi connectivity index (χ4v) is 7.49. The maximum Gasteiger partial charge on any atom is 0.265 e. The molecule has 0 aliphatic carbocycles. The first kappa shape index (κ1) is 31.1. The van der Waals surface area contributed by atoms with Crippen LogP contribution in [0.5, 0.6) is 5.75 Å². The molecule has 5 rings (SSSR count). The number of hydrogen-bond acceptors (Lipinski definition) is 5. The lowest BCUT2D eigenvalue weighted by atomic mass is 10.0. The Balaban J connectivity index is 1.39. The second-order valence-electron chi connectivity index (χ2n) is 11.0. The Morgan fingerprint density at radius 3 is 2.39 bits per heavy atom. The van der Waals surface area contributed by atoms with E-state index >= 15 is 0 Å². The summed E-state index contributed by atoms with van der Waals surface area (Å²) in [5.41, 5.74) is 2.41. The van der Waals surface area contributed by atoms with E-state index < -0.39 is 16.1 Å². The lowest BCUT2D eigenvalue weighted by molar-refractivity contribution is -0.141. The summed E-state index contributed by atoms with van der Waals surface area (Å²) in [5, 5.41) is 4.62. The standard InChI is InChI=1S/C35H39N3O5S/c1-3-4-21-36-35(40)31(24-26-12-6-5-7-13-26)37(25-27-14-8-17-29(23-27)43-2)33(39)20-11-22-38-30-18-9-15-28-16-10-19-32(34(28)30)44(38,41)42/h5-10,12-19,23,31H,3-4,11,20-22,24-25H2,1-2H3,(H,36,40)/t31-/m1/s1. The van der Waals surface area contributed by atoms with Crippen LogP contribution in [-0.2, 0) is 32.6 Å². The van der Waals surface area contributed by atoms with Gasteiger partial charge in [-0.2, -0.15) is 0 Å². The third kappa shape index (κ3) is 6.73. The summed E-state index contributed by atoms with van der Waals surface area (Å²) >= 11 is 0. The molecule has 0 aromatic heterocycles. The molecule has 4 aromatic carbocycles. The van der Waals surface area contributed by atoms with Crippen LogP contribution >= 0.6 is 0 Å². The molecular formula is C35H39N3O5S. The number of nitrogens with one attached hydrogen (secondary N) is 1. The van der Waals surface area contributed by atoms with Crippen molar-refractivity contribution in [3.63, 3.8) is 0 Å². The zero-order chi connectivity index (χ0) is 31.1. The van der Waals surface area contributed by atoms with Crippen LogP contribution in [-0.4, -0.2) is 51.4 Å². The number of benzene rings is 4. The molecule has 230 valence electrons. The number of hydrogen-bond donors (Lipinski definition) is 1. The molecular weight excluding hydrogens is 574 g/mol. The van der Waals surface area contributed by atoms with Crippen molar-refractivity contribution in [1.82, 2.24) is 10.2 Å². The van der Waals surface area contributed by atoms with E-state index in [0.717, 1.165) is 29.4 Å². The number of carbonyl (C=O) groups excluding carboxylic acids is 2. The number of nitrogens with zero attached hydrogens (tertiary/aromatic N) is 2. The molecule has 0 spiro atoms. The Bertz CT molecular complexity index is 1720. The van der Waals surface area contributed by atoms with Crippen LogP contribution in [0, 0.1) is 0 Å². The van der Waals surface area contributed by atoms with Crippen LogP contribution < -0.4 is 14.4 Å². The minimum Gasteiger partial charge on any atom is -0.497 e. The first-order valence-corrected chi connectivity index (χ1v) is 16.6. The number of ether oxygens (including phenoxy) is 1. The lowest BCUT2D eigenvalue weighted by Crippen LogP contribution is -2.50. The zero-order valence-electron chi connectivity index (χ0n) is 25.2. The monoisotopic (exact) mass is 613 g/mol. The van der Waals surface area contributed by atoms with Gasteiger partial charge in [-0.1, -0.05) is 80.1 Å². The highest BCUT2D eigenvalue weighted by atomic mass is 32.2. The Morgan fingerprint density at radius 2 is 1.64 bits per heavy atom. The molecule has 1 aliphatic rings. The van der Waals surface area contributed by atoms with Gasteiger partial charge < -0.3 is 15.0 Å². The topological polar surface area (TPSA) is 96.0 Å². The van der Waals surface area contributed by atoms with Gasteiger partial charge in [-0.05, 0) is 53.6 Å². The zero-order valence-corrected chi connectivity index (χ0v) is 26.1. The Hall–Kier alpha value is -4.37. The molecule has 1 heterocycles. The average molecular weight is 614 g/mol. The van der Waals surface area contributed by atoms with Crippen LogP contribution in [0.15, 0.2) is 95.9 Å². The SMILES string of the molecule is CCCCNC(=O)[C@@H](Cc1ccccc1)N(Cc1cccc(OC)c1)C(=O)CCCN1c2cccc3cccc(c23)S1(=O)=O. The van der Waals surface area contributed by atoms with Crippen molar-refractivity contribution < 1.29 is 22.7 Å². The predicted molar refractivity (Wildman–Crippen MR) is 173 cm³/mol. The van der Waals surface area contributed by atoms with E-state index in [0.29, 0.717) is 41.1 Å². The summed E-state index contributed by atoms with van der Waals surface area (Å²) in [6, 6.07) is 27.2. The summed E-state index contributed by atoms with van der Waals surface area (Å²) in [6.45, 7) is 2.95. The van der Waals surface area contributed by atoms with E-state index in [1.54, 1.807) is 24.1 Å². The van der Waals surface area contributed by atoms with Gasteiger partial charge in [0.1, 0.15) is 11.8 Å². The molecule has 4 aromatic rings. The van der Waals surface area contributed by atoms with Gasteiger partial charge >= 0.3 is 0 Å². The minimum absolute atomic E-state index is 0.0792. The second-order valence-corrected chi connectivity index (χ2v) is 12.9. The van der Waals surface area contributed by atoms with E-state index in [-0.39, 0.29) is 31.3 Å². The molecule has 0 saturated carbocycles. The Kier molecular flexibility index (Phi) is 9.85. The van der Waals surface area contributed by atoms with Crippen molar-refractivity contribution in [3.05, 3.63) is 102 Å². The summed E-state index contributed by atoms with van der Waals surface area (Å²) in [7, 11) is -2.14. The molecule has 0 fully saturated rings. The van der Waals surface area contributed by atoms with Crippen LogP contribution in [0.3, 0.4) is 0 Å². The predicted octanol–water partition coefficient (Wildman–Crippen LogP) is 5.69. The van der Waals surface area contributed by atoms with Gasteiger partial charge in [0.2, 0.25) is 11.8 Å². The molecule has 0 bridgehead atoms. The summed E-state index contributed by atoms with van der Waals surface area (Å²) in [4.78, 5) is 29.7. The highest BCUT2D eigenvalue weighted by Gasteiger charge is 2.36. The molecule has 1 atom stereocenters. The molecule has 0 saturated heterocycles. The van der Waals surface area contributed by atoms with Crippen molar-refractivity contribution in [2.24, 2.45) is 0 Å². The number of unbranched alkanes of at least 4 members (excludes halogenated alkanes) is 1. The number of methoxy groups -OCH3 is 1. The first-order chi connectivity index (χ1) is 21.3. The normalized spacial score (nSPS) is 13.9. The number of rotatable bonds is 14. The smallest absolute Gasteiger partial charge is 0.265 e. The maximum atomic E-state index is 14.1. The van der Waals surface area contributed by atoms with Crippen LogP contribution in [0.1, 0.15) is 43.7 Å². The molecule has 2 amide bonds. The fourth-order valence-electron chi connectivity index (χ4n) is 5.74. The quantitative estimate of drug-likeness (QED) is 0.184. The molecule has 1 N–H and O–H groups in total. The molecule has 9 heteroatoms. The van der Waals surface area contributed by atoms with Crippen molar-refractivity contribution in [3.8, 4) is 5.75 Å². The average Bonchev–Trinajstić information content (AvgIpc) is 3.26. The van der Waals surface area contributed by atoms with Crippen molar-refractivity contribution >= 4 is 38.3 Å². The number of anilines is 1. The number of amides is 2. The summed E-state index contributed by atoms with van der Waals surface area (Å²) < 4.78 is 33.8. The highest BCUT2D eigenvalue weighted by Crippen LogP contribution is 2.42. The van der Waals surface area contributed by atoms with Gasteiger partial charge in [-0.3, -0.25) is 13.9 Å². The lowest BCUT2D eigenvalue weighted by Gasteiger charge is -2.32. The Morgan fingerprint density at radius 1 is 0.909 bits per heavy atom. The van der Waals surface area contributed by atoms with E-state index in [4.69, 9.17) is 4.74 Å².